The number of carbonyl (C=O) groups is 1. The van der Waals surface area contributed by atoms with Gasteiger partial charge in [-0.25, -0.2) is 9.50 Å². The van der Waals surface area contributed by atoms with Crippen molar-refractivity contribution in [2.75, 3.05) is 27.7 Å². The van der Waals surface area contributed by atoms with Crippen molar-refractivity contribution in [2.45, 2.75) is 39.7 Å². The molecule has 2 aromatic heterocycles. The summed E-state index contributed by atoms with van der Waals surface area (Å²) in [6, 6.07) is 9.99. The largest absolute Gasteiger partial charge is 0.497 e. The van der Waals surface area contributed by atoms with E-state index in [1.54, 1.807) is 7.11 Å². The van der Waals surface area contributed by atoms with E-state index in [4.69, 9.17) is 4.74 Å². The van der Waals surface area contributed by atoms with Crippen molar-refractivity contribution in [1.29, 1.82) is 0 Å². The molecule has 3 aromatic rings. The van der Waals surface area contributed by atoms with Gasteiger partial charge in [0.2, 0.25) is 5.91 Å². The zero-order valence-electron chi connectivity index (χ0n) is 18.7. The van der Waals surface area contributed by atoms with Crippen LogP contribution >= 0.6 is 0 Å². The minimum absolute atomic E-state index is 0.0280. The molecule has 1 N–H and O–H groups in total. The molecule has 7 heteroatoms. The molecular weight excluding hydrogens is 378 g/mol. The summed E-state index contributed by atoms with van der Waals surface area (Å²) in [6.07, 6.45) is 1.05. The fourth-order valence-electron chi connectivity index (χ4n) is 3.79. The van der Waals surface area contributed by atoms with Crippen molar-refractivity contribution in [3.63, 3.8) is 0 Å². The number of nitrogens with one attached hydrogen (secondary N) is 1. The third-order valence-electron chi connectivity index (χ3n) is 5.48. The average molecular weight is 410 g/mol. The zero-order valence-corrected chi connectivity index (χ0v) is 18.7. The lowest BCUT2D eigenvalue weighted by molar-refractivity contribution is -0.121. The minimum Gasteiger partial charge on any atom is -0.497 e. The van der Waals surface area contributed by atoms with Crippen LogP contribution in [0, 0.1) is 20.8 Å². The van der Waals surface area contributed by atoms with E-state index in [-0.39, 0.29) is 11.9 Å². The molecule has 0 saturated carbocycles. The Balaban J connectivity index is 1.64. The summed E-state index contributed by atoms with van der Waals surface area (Å²) in [4.78, 5) is 19.3. The van der Waals surface area contributed by atoms with Crippen LogP contribution in [0.3, 0.4) is 0 Å². The normalized spacial score (nSPS) is 12.4. The van der Waals surface area contributed by atoms with E-state index in [1.165, 1.54) is 0 Å². The lowest BCUT2D eigenvalue weighted by Gasteiger charge is -2.25. The standard InChI is InChI=1S/C23H31N5O2/c1-15-12-22-25-16(2)20(17(3)28(22)26-15)10-11-23(29)24-14-21(27(4)5)18-8-7-9-19(13-18)30-6/h7-9,12-13,21H,10-11,14H2,1-6H3,(H,24,29)/t21-/m1/s1. The topological polar surface area (TPSA) is 71.8 Å². The molecule has 0 aliphatic rings. The van der Waals surface area contributed by atoms with Gasteiger partial charge in [-0.1, -0.05) is 12.1 Å². The molecule has 0 aliphatic heterocycles. The Morgan fingerprint density at radius 2 is 2.00 bits per heavy atom. The number of ether oxygens (including phenoxy) is 1. The van der Waals surface area contributed by atoms with Crippen LogP contribution in [0.15, 0.2) is 30.3 Å². The summed E-state index contributed by atoms with van der Waals surface area (Å²) < 4.78 is 7.19. The Kier molecular flexibility index (Phi) is 6.72. The summed E-state index contributed by atoms with van der Waals surface area (Å²) in [7, 11) is 5.68. The van der Waals surface area contributed by atoms with E-state index in [1.807, 2.05) is 63.6 Å². The SMILES string of the molecule is COc1cccc([C@@H](CNC(=O)CCc2c(C)nc3cc(C)nn3c2C)N(C)C)c1. The number of likely N-dealkylation sites (N-methyl/N-ethyl adjacent to an activating group) is 1. The summed E-state index contributed by atoms with van der Waals surface area (Å²) in [5, 5.41) is 7.59. The van der Waals surface area contributed by atoms with Gasteiger partial charge in [0.05, 0.1) is 18.8 Å². The quantitative estimate of drug-likeness (QED) is 0.619. The molecule has 1 atom stereocenters. The van der Waals surface area contributed by atoms with Crippen molar-refractivity contribution < 1.29 is 9.53 Å². The molecule has 2 heterocycles. The van der Waals surface area contributed by atoms with Gasteiger partial charge >= 0.3 is 0 Å². The van der Waals surface area contributed by atoms with Gasteiger partial charge in [-0.3, -0.25) is 4.79 Å². The van der Waals surface area contributed by atoms with Gasteiger partial charge in [0.1, 0.15) is 5.75 Å². The summed E-state index contributed by atoms with van der Waals surface area (Å²) in [6.45, 7) is 6.52. The monoisotopic (exact) mass is 409 g/mol. The average Bonchev–Trinajstić information content (AvgIpc) is 3.08. The fraction of sp³-hybridized carbons (Fsp3) is 0.435. The van der Waals surface area contributed by atoms with Crippen LogP contribution in [0.5, 0.6) is 5.75 Å². The Labute approximate surface area is 178 Å². The molecule has 0 radical (unpaired) electrons. The number of fused-ring (bicyclic) bond motifs is 1. The molecule has 0 bridgehead atoms. The van der Waals surface area contributed by atoms with Gasteiger partial charge in [-0.2, -0.15) is 5.10 Å². The lowest BCUT2D eigenvalue weighted by Crippen LogP contribution is -2.34. The highest BCUT2D eigenvalue weighted by Crippen LogP contribution is 2.22. The highest BCUT2D eigenvalue weighted by atomic mass is 16.5. The maximum absolute atomic E-state index is 12.6. The molecular formula is C23H31N5O2. The highest BCUT2D eigenvalue weighted by molar-refractivity contribution is 5.76. The number of aromatic nitrogens is 3. The molecule has 3 rings (SSSR count). The van der Waals surface area contributed by atoms with Gasteiger partial charge in [-0.05, 0) is 64.5 Å². The molecule has 1 amide bonds. The van der Waals surface area contributed by atoms with Crippen LogP contribution in [0.2, 0.25) is 0 Å². The number of amides is 1. The summed E-state index contributed by atoms with van der Waals surface area (Å²) in [5.41, 5.74) is 5.97. The molecule has 0 saturated heterocycles. The molecule has 160 valence electrons. The number of methoxy groups -OCH3 is 1. The van der Waals surface area contributed by atoms with Gasteiger partial charge < -0.3 is 15.0 Å². The van der Waals surface area contributed by atoms with Crippen LogP contribution in [-0.4, -0.2) is 53.2 Å². The van der Waals surface area contributed by atoms with E-state index in [0.717, 1.165) is 39.6 Å². The predicted octanol–water partition coefficient (Wildman–Crippen LogP) is 3.01. The second kappa shape index (κ2) is 9.26. The number of hydrogen-bond donors (Lipinski definition) is 1. The lowest BCUT2D eigenvalue weighted by atomic mass is 10.0. The zero-order chi connectivity index (χ0) is 21.8. The molecule has 0 fully saturated rings. The van der Waals surface area contributed by atoms with Crippen molar-refractivity contribution in [2.24, 2.45) is 0 Å². The van der Waals surface area contributed by atoms with Crippen LogP contribution in [0.4, 0.5) is 0 Å². The molecule has 30 heavy (non-hydrogen) atoms. The van der Waals surface area contributed by atoms with Crippen molar-refractivity contribution in [3.05, 3.63) is 58.5 Å². The maximum atomic E-state index is 12.6. The highest BCUT2D eigenvalue weighted by Gasteiger charge is 2.17. The summed E-state index contributed by atoms with van der Waals surface area (Å²) in [5.74, 6) is 0.841. The number of benzene rings is 1. The van der Waals surface area contributed by atoms with E-state index in [0.29, 0.717) is 19.4 Å². The smallest absolute Gasteiger partial charge is 0.220 e. The van der Waals surface area contributed by atoms with Crippen LogP contribution in [0.1, 0.15) is 40.7 Å². The number of nitrogens with zero attached hydrogens (tertiary/aromatic N) is 4. The second-order valence-corrected chi connectivity index (χ2v) is 7.88. The first-order chi connectivity index (χ1) is 14.3. The van der Waals surface area contributed by atoms with Gasteiger partial charge in [-0.15, -0.1) is 0 Å². The van der Waals surface area contributed by atoms with E-state index in [2.05, 4.69) is 26.4 Å². The molecule has 0 aliphatic carbocycles. The van der Waals surface area contributed by atoms with E-state index < -0.39 is 0 Å². The molecule has 7 nitrogen and oxygen atoms in total. The van der Waals surface area contributed by atoms with Crippen LogP contribution in [0.25, 0.3) is 5.65 Å². The molecule has 0 unspecified atom stereocenters. The van der Waals surface area contributed by atoms with Crippen molar-refractivity contribution in [1.82, 2.24) is 24.8 Å². The Bertz CT molecular complexity index is 1040. The van der Waals surface area contributed by atoms with Crippen LogP contribution in [-0.2, 0) is 11.2 Å². The molecule has 0 spiro atoms. The number of carbonyl (C=O) groups excluding carboxylic acids is 1. The Hall–Kier alpha value is -2.93. The van der Waals surface area contributed by atoms with Gasteiger partial charge in [0.15, 0.2) is 5.65 Å². The Morgan fingerprint density at radius 3 is 2.70 bits per heavy atom. The number of hydrogen-bond acceptors (Lipinski definition) is 5. The maximum Gasteiger partial charge on any atom is 0.220 e. The first-order valence-corrected chi connectivity index (χ1v) is 10.2. The van der Waals surface area contributed by atoms with E-state index >= 15 is 0 Å². The van der Waals surface area contributed by atoms with Crippen molar-refractivity contribution >= 4 is 11.6 Å². The summed E-state index contributed by atoms with van der Waals surface area (Å²) >= 11 is 0. The van der Waals surface area contributed by atoms with Gasteiger partial charge in [0.25, 0.3) is 0 Å². The second-order valence-electron chi connectivity index (χ2n) is 7.88. The van der Waals surface area contributed by atoms with Gasteiger partial charge in [0, 0.05) is 30.4 Å². The first kappa shape index (κ1) is 21.8. The molecule has 1 aromatic carbocycles. The minimum atomic E-state index is 0.0280. The third kappa shape index (κ3) is 4.79. The van der Waals surface area contributed by atoms with E-state index in [9.17, 15) is 4.79 Å². The van der Waals surface area contributed by atoms with Crippen LogP contribution < -0.4 is 10.1 Å². The number of aryl methyl sites for hydroxylation is 3. The first-order valence-electron chi connectivity index (χ1n) is 10.2. The third-order valence-corrected chi connectivity index (χ3v) is 5.48. The predicted molar refractivity (Wildman–Crippen MR) is 118 cm³/mol. The Morgan fingerprint density at radius 1 is 1.23 bits per heavy atom. The number of rotatable bonds is 8. The fourth-order valence-corrected chi connectivity index (χ4v) is 3.79. The van der Waals surface area contributed by atoms with Crippen molar-refractivity contribution in [3.8, 4) is 5.75 Å².